The van der Waals surface area contributed by atoms with Gasteiger partial charge >= 0.3 is 0 Å². The Kier molecular flexibility index (Phi) is 14.9. The molecule has 2 saturated heterocycles. The fraction of sp³-hybridized carbons (Fsp3) is 0.250. The number of aromatic nitrogens is 3. The summed E-state index contributed by atoms with van der Waals surface area (Å²) in [5.74, 6) is -0.877. The highest BCUT2D eigenvalue weighted by Gasteiger charge is 2.35. The summed E-state index contributed by atoms with van der Waals surface area (Å²) in [6.07, 6.45) is 6.56. The maximum Gasteiger partial charge on any atom is 0.277 e. The van der Waals surface area contributed by atoms with Gasteiger partial charge in [0.1, 0.15) is 34.7 Å². The molecular formula is C68H61F2N9O4S2. The molecule has 0 bridgehead atoms. The fourth-order valence-corrected chi connectivity index (χ4v) is 15.0. The van der Waals surface area contributed by atoms with Crippen LogP contribution in [0.3, 0.4) is 0 Å². The molecule has 9 heterocycles. The number of thiophene rings is 2. The number of pyridine rings is 3. The zero-order chi connectivity index (χ0) is 58.6. The van der Waals surface area contributed by atoms with E-state index in [1.54, 1.807) is 60.2 Å². The van der Waals surface area contributed by atoms with Gasteiger partial charge in [0.2, 0.25) is 0 Å². The third-order valence-corrected chi connectivity index (χ3v) is 19.4. The van der Waals surface area contributed by atoms with Crippen LogP contribution < -0.4 is 30.2 Å². The van der Waals surface area contributed by atoms with Crippen molar-refractivity contribution in [3.05, 3.63) is 206 Å². The summed E-state index contributed by atoms with van der Waals surface area (Å²) in [7, 11) is 0. The van der Waals surface area contributed by atoms with Crippen LogP contribution in [0.5, 0.6) is 0 Å². The van der Waals surface area contributed by atoms with Crippen LogP contribution in [0.15, 0.2) is 146 Å². The summed E-state index contributed by atoms with van der Waals surface area (Å²) in [6, 6.07) is 42.2. The monoisotopic (exact) mass is 1170 g/mol. The molecule has 0 spiro atoms. The zero-order valence-electron chi connectivity index (χ0n) is 47.5. The molecule has 4 aromatic carbocycles. The fourth-order valence-electron chi connectivity index (χ4n) is 12.7. The number of nitrogens with one attached hydrogen (secondary N) is 2. The van der Waals surface area contributed by atoms with Crippen molar-refractivity contribution < 1.29 is 28.0 Å². The normalized spacial score (nSPS) is 16.3. The van der Waals surface area contributed by atoms with Gasteiger partial charge in [-0.2, -0.15) is 0 Å². The van der Waals surface area contributed by atoms with Crippen molar-refractivity contribution in [1.82, 2.24) is 15.0 Å². The van der Waals surface area contributed by atoms with Crippen molar-refractivity contribution in [2.75, 3.05) is 56.4 Å². The second-order valence-corrected chi connectivity index (χ2v) is 24.7. The molecule has 0 radical (unpaired) electrons. The van der Waals surface area contributed by atoms with Gasteiger partial charge in [0, 0.05) is 59.3 Å². The average molecular weight is 1170 g/mol. The first-order chi connectivity index (χ1) is 41.3. The first-order valence-corrected chi connectivity index (χ1v) is 30.6. The highest BCUT2D eigenvalue weighted by atomic mass is 32.1. The molecular weight excluding hydrogens is 1110 g/mol. The van der Waals surface area contributed by atoms with E-state index >= 15 is 9.18 Å². The van der Waals surface area contributed by atoms with E-state index in [9.17, 15) is 18.8 Å². The summed E-state index contributed by atoms with van der Waals surface area (Å²) in [5, 5.41) is 5.72. The van der Waals surface area contributed by atoms with Crippen LogP contribution >= 0.6 is 22.7 Å². The number of nitrogens with zero attached hydrogens (tertiary/aromatic N) is 7. The van der Waals surface area contributed by atoms with Crippen LogP contribution in [-0.2, 0) is 12.8 Å². The lowest BCUT2D eigenvalue weighted by Gasteiger charge is -2.30. The molecule has 4 aliphatic rings. The standard InChI is InChI=1S/C68H61F2N9O4S2/c1-39(2)53-23-13-31-76(53)60-38-44(35-52(73-60)68(83)79-34-29-43-36-57(84-64(43)47-17-6-8-22-55(47)79)65(80)74-61-40(3)15-11-18-48(61)69)45-26-27-49(70)62(41(45)4)75-66(81)58-37-42-28-33-78(54-21-7-5-16-46(54)63(42)85-58)67(82)51-20-12-25-59(72-51)77-32-14-24-56(77)50-19-9-10-30-71-50/h5-12,15-22,25-27,30,35-39,53,56H,13-14,23-24,28-29,31-34H2,1-4H3,(H,74,80)(H,75,81)/t53-,56-/m1/s1. The molecule has 2 atom stereocenters. The van der Waals surface area contributed by atoms with Crippen LogP contribution in [0.1, 0.15) is 114 Å². The lowest BCUT2D eigenvalue weighted by atomic mass is 9.97. The van der Waals surface area contributed by atoms with Gasteiger partial charge in [-0.05, 0) is 164 Å². The van der Waals surface area contributed by atoms with Crippen LogP contribution in [0, 0.1) is 31.4 Å². The number of fused-ring (bicyclic) bond motifs is 6. The quantitative estimate of drug-likeness (QED) is 0.129. The van der Waals surface area contributed by atoms with E-state index in [4.69, 9.17) is 9.97 Å². The Morgan fingerprint density at radius 2 is 1.18 bits per heavy atom. The molecule has 9 aromatic rings. The Hall–Kier alpha value is -8.93. The minimum atomic E-state index is -0.608. The number of carbonyl (C=O) groups excluding carboxylic acids is 4. The molecule has 17 heteroatoms. The van der Waals surface area contributed by atoms with E-state index in [-0.39, 0.29) is 47.5 Å². The molecule has 2 N–H and O–H groups in total. The van der Waals surface area contributed by atoms with E-state index in [1.165, 1.54) is 34.8 Å². The van der Waals surface area contributed by atoms with Crippen molar-refractivity contribution >= 4 is 80.7 Å². The molecule has 5 aromatic heterocycles. The number of halogens is 2. The van der Waals surface area contributed by atoms with Crippen LogP contribution in [0.25, 0.3) is 32.0 Å². The molecule has 0 unspecified atom stereocenters. The summed E-state index contributed by atoms with van der Waals surface area (Å²) >= 11 is 2.61. The van der Waals surface area contributed by atoms with E-state index < -0.39 is 23.4 Å². The molecule has 0 saturated carbocycles. The number of hydrogen-bond acceptors (Lipinski definition) is 11. The number of rotatable bonds is 11. The third kappa shape index (κ3) is 10.4. The summed E-state index contributed by atoms with van der Waals surface area (Å²) in [5.41, 5.74) is 8.81. The van der Waals surface area contributed by atoms with Crippen LogP contribution in [0.4, 0.5) is 43.2 Å². The van der Waals surface area contributed by atoms with E-state index in [2.05, 4.69) is 39.3 Å². The zero-order valence-corrected chi connectivity index (χ0v) is 49.1. The third-order valence-electron chi connectivity index (χ3n) is 17.0. The minimum absolute atomic E-state index is 0.0235. The lowest BCUT2D eigenvalue weighted by molar-refractivity contribution is 0.0975. The molecule has 428 valence electrons. The van der Waals surface area contributed by atoms with Crippen molar-refractivity contribution in [3.8, 4) is 32.0 Å². The number of aryl methyl sites for hydroxylation is 1. The maximum atomic E-state index is 16.4. The topological polar surface area (TPSA) is 144 Å². The van der Waals surface area contributed by atoms with Crippen molar-refractivity contribution in [1.29, 1.82) is 0 Å². The van der Waals surface area contributed by atoms with E-state index in [0.717, 1.165) is 82.3 Å². The van der Waals surface area contributed by atoms with E-state index in [1.807, 2.05) is 97.1 Å². The van der Waals surface area contributed by atoms with E-state index in [0.29, 0.717) is 80.2 Å². The molecule has 85 heavy (non-hydrogen) atoms. The molecule has 2 fully saturated rings. The summed E-state index contributed by atoms with van der Waals surface area (Å²) in [6.45, 7) is 10.1. The van der Waals surface area contributed by atoms with Gasteiger partial charge in [-0.15, -0.1) is 22.7 Å². The van der Waals surface area contributed by atoms with Gasteiger partial charge in [-0.25, -0.2) is 18.7 Å². The highest BCUT2D eigenvalue weighted by Crippen LogP contribution is 2.45. The number of benzene rings is 4. The SMILES string of the molecule is Cc1cccc(F)c1NC(=O)c1cc2c(s1)-c1ccccc1N(C(=O)c1cc(-c3ccc(F)c(NC(=O)c4cc5c(s4)-c4ccccc4N(C(=O)c4cccc(N6CCC[C@@H]6c6ccccn6)n4)CC5)c3C)cc(N3CCC[C@@H]3C(C)C)n1)CC2. The number of para-hydroxylation sites is 3. The Labute approximate surface area is 500 Å². The first-order valence-electron chi connectivity index (χ1n) is 29.0. The number of carbonyl (C=O) groups is 4. The summed E-state index contributed by atoms with van der Waals surface area (Å²) in [4.78, 5) is 83.3. The molecule has 13 rings (SSSR count). The molecule has 13 nitrogen and oxygen atoms in total. The predicted octanol–water partition coefficient (Wildman–Crippen LogP) is 14.8. The Bertz CT molecular complexity index is 4110. The number of anilines is 6. The second kappa shape index (κ2) is 22.9. The Morgan fingerprint density at radius 3 is 1.84 bits per heavy atom. The van der Waals surface area contributed by atoms with Gasteiger partial charge in [0.05, 0.1) is 44.2 Å². The smallest absolute Gasteiger partial charge is 0.277 e. The first kappa shape index (κ1) is 55.3. The van der Waals surface area contributed by atoms with Gasteiger partial charge in [-0.3, -0.25) is 24.2 Å². The van der Waals surface area contributed by atoms with Crippen molar-refractivity contribution in [3.63, 3.8) is 0 Å². The lowest BCUT2D eigenvalue weighted by Crippen LogP contribution is -2.36. The van der Waals surface area contributed by atoms with Gasteiger partial charge < -0.3 is 30.2 Å². The second-order valence-electron chi connectivity index (χ2n) is 22.5. The van der Waals surface area contributed by atoms with Gasteiger partial charge in [0.15, 0.2) is 0 Å². The van der Waals surface area contributed by atoms with Gasteiger partial charge in [0.25, 0.3) is 23.6 Å². The minimum Gasteiger partial charge on any atom is -0.353 e. The molecule has 4 aliphatic heterocycles. The maximum absolute atomic E-state index is 16.4. The van der Waals surface area contributed by atoms with Gasteiger partial charge in [-0.1, -0.05) is 80.6 Å². The Morgan fingerprint density at radius 1 is 0.576 bits per heavy atom. The van der Waals surface area contributed by atoms with Crippen molar-refractivity contribution in [2.45, 2.75) is 78.3 Å². The Balaban J connectivity index is 0.781. The van der Waals surface area contributed by atoms with Crippen LogP contribution in [0.2, 0.25) is 0 Å². The highest BCUT2D eigenvalue weighted by molar-refractivity contribution is 7.18. The number of hydrogen-bond donors (Lipinski definition) is 2. The summed E-state index contributed by atoms with van der Waals surface area (Å²) < 4.78 is 31.2. The predicted molar refractivity (Wildman–Crippen MR) is 335 cm³/mol. The molecule has 0 aliphatic carbocycles. The molecule has 4 amide bonds. The average Bonchev–Trinajstić information content (AvgIpc) is 4.18. The van der Waals surface area contributed by atoms with Crippen LogP contribution in [-0.4, -0.2) is 70.8 Å². The van der Waals surface area contributed by atoms with Crippen molar-refractivity contribution in [2.24, 2.45) is 5.92 Å². The largest absolute Gasteiger partial charge is 0.353 e. The number of amides is 4.